The van der Waals surface area contributed by atoms with Crippen LogP contribution in [0.1, 0.15) is 83.9 Å². The van der Waals surface area contributed by atoms with Crippen LogP contribution in [0.5, 0.6) is 0 Å². The number of fused-ring (bicyclic) bond motifs is 9. The van der Waals surface area contributed by atoms with E-state index in [1.54, 1.807) is 17.7 Å². The van der Waals surface area contributed by atoms with Gasteiger partial charge in [0, 0.05) is 52.3 Å². The molecule has 0 aliphatic heterocycles. The maximum atomic E-state index is 12.2. The van der Waals surface area contributed by atoms with Crippen molar-refractivity contribution < 1.29 is 30.0 Å². The Morgan fingerprint density at radius 3 is 1.63 bits per heavy atom. The number of aromatic nitrogens is 2. The summed E-state index contributed by atoms with van der Waals surface area (Å²) in [5.74, 6) is 0.286. The van der Waals surface area contributed by atoms with Gasteiger partial charge in [-0.05, 0) is 94.3 Å². The maximum Gasteiger partial charge on any atom is 0.164 e. The number of carbonyl (C=O) groups excluding carboxylic acids is 1. The number of rotatable bonds is 9. The molecule has 2 heterocycles. The van der Waals surface area contributed by atoms with Gasteiger partial charge in [0.2, 0.25) is 0 Å². The molecule has 2 aromatic heterocycles. The summed E-state index contributed by atoms with van der Waals surface area (Å²) in [4.78, 5) is 22.9. The predicted octanol–water partition coefficient (Wildman–Crippen LogP) is 15.4. The fourth-order valence-corrected chi connectivity index (χ4v) is 9.46. The van der Waals surface area contributed by atoms with Crippen LogP contribution in [0.4, 0.5) is 0 Å². The Balaban J connectivity index is 0.000000287. The third kappa shape index (κ3) is 8.35. The van der Waals surface area contributed by atoms with Crippen LogP contribution < -0.4 is 0 Å². The molecule has 1 N–H and O–H groups in total. The van der Waals surface area contributed by atoms with Crippen molar-refractivity contribution in [2.45, 2.75) is 88.0 Å². The Labute approximate surface area is 374 Å². The van der Waals surface area contributed by atoms with E-state index in [4.69, 9.17) is 9.97 Å². The van der Waals surface area contributed by atoms with Gasteiger partial charge in [-0.3, -0.25) is 9.78 Å². The van der Waals surface area contributed by atoms with E-state index in [0.29, 0.717) is 0 Å². The summed E-state index contributed by atoms with van der Waals surface area (Å²) in [5.41, 5.74) is 17.2. The summed E-state index contributed by atoms with van der Waals surface area (Å²) in [6, 6.07) is 41.2. The molecule has 0 fully saturated rings. The van der Waals surface area contributed by atoms with Crippen molar-refractivity contribution >= 4 is 27.3 Å². The first-order chi connectivity index (χ1) is 28.4. The van der Waals surface area contributed by atoms with Crippen LogP contribution in [0, 0.1) is 37.7 Å². The minimum Gasteiger partial charge on any atom is -0.512 e. The van der Waals surface area contributed by atoms with E-state index in [1.165, 1.54) is 72.2 Å². The number of carbonyl (C=O) groups is 1. The van der Waals surface area contributed by atoms with Crippen molar-refractivity contribution in [2.75, 3.05) is 0 Å². The van der Waals surface area contributed by atoms with E-state index in [9.17, 15) is 9.90 Å². The monoisotopic (exact) mass is 988 g/mol. The minimum atomic E-state index is -0.337. The molecule has 8 rings (SSSR count). The largest absolute Gasteiger partial charge is 0.512 e. The van der Waals surface area contributed by atoms with Crippen molar-refractivity contribution in [3.05, 3.63) is 144 Å². The molecule has 0 saturated heterocycles. The van der Waals surface area contributed by atoms with E-state index < -0.39 is 0 Å². The van der Waals surface area contributed by atoms with Gasteiger partial charge in [-0.2, -0.15) is 0 Å². The van der Waals surface area contributed by atoms with E-state index in [0.717, 1.165) is 52.7 Å². The second-order valence-electron chi connectivity index (χ2n) is 16.5. The number of thiophene rings is 1. The summed E-state index contributed by atoms with van der Waals surface area (Å²) in [7, 11) is 0. The molecule has 5 aromatic carbocycles. The zero-order valence-corrected chi connectivity index (χ0v) is 39.5. The summed E-state index contributed by atoms with van der Waals surface area (Å²) in [5, 5.41) is 10.1. The number of aliphatic hydroxyl groups excluding tert-OH is 1. The molecule has 60 heavy (non-hydrogen) atoms. The summed E-state index contributed by atoms with van der Waals surface area (Å²) in [6.45, 7) is 18.5. The number of benzene rings is 5. The molecule has 1 radical (unpaired) electrons. The quantitative estimate of drug-likeness (QED) is 0.0889. The second kappa shape index (κ2) is 18.3. The molecule has 4 nitrogen and oxygen atoms in total. The van der Waals surface area contributed by atoms with Gasteiger partial charge in [-0.25, -0.2) is 4.98 Å². The van der Waals surface area contributed by atoms with Gasteiger partial charge in [0.15, 0.2) is 5.78 Å². The fraction of sp³-hybridized carbons (Fsp3) is 0.278. The number of aliphatic hydroxyl groups is 1. The van der Waals surface area contributed by atoms with Crippen LogP contribution in [0.3, 0.4) is 0 Å². The van der Waals surface area contributed by atoms with Crippen LogP contribution in [0.15, 0.2) is 121 Å². The van der Waals surface area contributed by atoms with E-state index >= 15 is 0 Å². The number of aryl methyl sites for hydroxylation is 3. The van der Waals surface area contributed by atoms with Crippen LogP contribution in [-0.2, 0) is 24.9 Å². The Morgan fingerprint density at radius 1 is 0.667 bits per heavy atom. The molecular weight excluding hydrogens is 933 g/mol. The van der Waals surface area contributed by atoms with Crippen LogP contribution >= 0.6 is 11.3 Å². The first-order valence-corrected chi connectivity index (χ1v) is 21.8. The van der Waals surface area contributed by atoms with Gasteiger partial charge in [0.25, 0.3) is 0 Å². The molecule has 309 valence electrons. The third-order valence-electron chi connectivity index (χ3n) is 12.9. The second-order valence-corrected chi connectivity index (χ2v) is 17.6. The summed E-state index contributed by atoms with van der Waals surface area (Å²) in [6.07, 6.45) is 6.45. The average Bonchev–Trinajstić information content (AvgIpc) is 3.60. The standard InChI is InChI=1S/C39H27N2S.C15H28O2.Ir/c1-23-18-24(2)20-27(19-23)37-39-36(40-22-41-37)25(3)38(42-39)26-16-17-34-32-14-7-6-12-30(32)28-10-4-5-11-29(28)31-13-8-9-15-33(31)35(34)21-26;1-7-14(5,8-2)12(16)11-13(17)15(6,9-3)10-4;/h4-19,21-22H,1-3H3;11,16H,7-10H2,1-6H3;/q-1;;/b;12-11-;. The average molecular weight is 988 g/mol. The number of hydrogen-bond acceptors (Lipinski definition) is 5. The van der Waals surface area contributed by atoms with E-state index in [-0.39, 0.29) is 42.5 Å². The Hall–Kier alpha value is -5.00. The zero-order chi connectivity index (χ0) is 42.1. The van der Waals surface area contributed by atoms with Gasteiger partial charge in [-0.1, -0.05) is 140 Å². The van der Waals surface area contributed by atoms with Crippen LogP contribution in [0.2, 0.25) is 0 Å². The topological polar surface area (TPSA) is 63.1 Å². The first kappa shape index (κ1) is 44.5. The summed E-state index contributed by atoms with van der Waals surface area (Å²) < 4.78 is 1.11. The molecule has 0 saturated carbocycles. The van der Waals surface area contributed by atoms with Crippen LogP contribution in [-0.4, -0.2) is 20.9 Å². The Morgan fingerprint density at radius 2 is 1.15 bits per heavy atom. The Kier molecular flexibility index (Phi) is 13.6. The van der Waals surface area contributed by atoms with Crippen molar-refractivity contribution in [2.24, 2.45) is 10.8 Å². The Bertz CT molecular complexity index is 2690. The van der Waals surface area contributed by atoms with Gasteiger partial charge < -0.3 is 5.11 Å². The van der Waals surface area contributed by atoms with Gasteiger partial charge in [0.05, 0.1) is 5.52 Å². The summed E-state index contributed by atoms with van der Waals surface area (Å²) >= 11 is 1.78. The SMILES string of the molecule is CCC(C)(CC)C(=O)/C=C(\O)C(C)(CC)CC.Cc1[c-]c(-c2ncnc3c(C)c(-c4ccc5c(c4)-c4ccccc4-c4ccccc4-c4ccccc4-5)sc23)cc(C)c1.[Ir]. The minimum absolute atomic E-state index is 0. The van der Waals surface area contributed by atoms with Gasteiger partial charge in [-0.15, -0.1) is 46.2 Å². The first-order valence-electron chi connectivity index (χ1n) is 21.0. The van der Waals surface area contributed by atoms with Crippen molar-refractivity contribution in [3.63, 3.8) is 0 Å². The number of hydrogen-bond donors (Lipinski definition) is 1. The number of ketones is 1. The number of allylic oxidation sites excluding steroid dienone is 2. The van der Waals surface area contributed by atoms with E-state index in [1.807, 2.05) is 41.5 Å². The van der Waals surface area contributed by atoms with E-state index in [2.05, 4.69) is 130 Å². The molecular formula is C54H55IrN2O2S-. The molecule has 0 amide bonds. The molecule has 1 aliphatic rings. The molecule has 1 aliphatic carbocycles. The molecule has 0 unspecified atom stereocenters. The zero-order valence-electron chi connectivity index (χ0n) is 36.3. The molecule has 0 atom stereocenters. The van der Waals surface area contributed by atoms with Crippen LogP contribution in [0.25, 0.3) is 76.4 Å². The molecule has 6 heteroatoms. The molecule has 7 aromatic rings. The molecule has 0 bridgehead atoms. The smallest absolute Gasteiger partial charge is 0.164 e. The molecule has 0 spiro atoms. The predicted molar refractivity (Wildman–Crippen MR) is 250 cm³/mol. The fourth-order valence-electron chi connectivity index (χ4n) is 8.20. The number of nitrogens with zero attached hydrogens (tertiary/aromatic N) is 2. The van der Waals surface area contributed by atoms with Crippen molar-refractivity contribution in [1.82, 2.24) is 9.97 Å². The van der Waals surface area contributed by atoms with Gasteiger partial charge in [0.1, 0.15) is 12.1 Å². The van der Waals surface area contributed by atoms with Gasteiger partial charge >= 0.3 is 0 Å². The third-order valence-corrected chi connectivity index (χ3v) is 14.3. The van der Waals surface area contributed by atoms with Crippen molar-refractivity contribution in [3.8, 4) is 66.2 Å². The van der Waals surface area contributed by atoms with Crippen molar-refractivity contribution in [1.29, 1.82) is 0 Å². The maximum absolute atomic E-state index is 12.2. The normalized spacial score (nSPS) is 12.1.